The third-order valence-electron chi connectivity index (χ3n) is 5.30. The Balaban J connectivity index is 1.58. The highest BCUT2D eigenvalue weighted by Crippen LogP contribution is 2.27. The number of pyridine rings is 1. The zero-order valence-electron chi connectivity index (χ0n) is 16.3. The highest BCUT2D eigenvalue weighted by molar-refractivity contribution is 6.21. The highest BCUT2D eigenvalue weighted by Gasteiger charge is 2.36. The van der Waals surface area contributed by atoms with Crippen molar-refractivity contribution >= 4 is 22.8 Å². The number of rotatable bonds is 5. The van der Waals surface area contributed by atoms with Crippen LogP contribution in [-0.4, -0.2) is 38.4 Å². The Kier molecular flexibility index (Phi) is 4.28. The molecule has 4 aromatic rings. The molecule has 0 unspecified atom stereocenters. The van der Waals surface area contributed by atoms with Gasteiger partial charge in [-0.1, -0.05) is 12.1 Å². The van der Waals surface area contributed by atoms with Crippen LogP contribution in [-0.2, 0) is 13.1 Å². The molecule has 0 saturated carbocycles. The number of benzene rings is 2. The smallest absolute Gasteiger partial charge is 0.261 e. The van der Waals surface area contributed by atoms with Crippen LogP contribution in [0.25, 0.3) is 11.0 Å². The number of carbonyl (C=O) groups is 2. The molecule has 7 heteroatoms. The zero-order chi connectivity index (χ0) is 20.7. The topological polar surface area (TPSA) is 77.3 Å². The van der Waals surface area contributed by atoms with Crippen molar-refractivity contribution < 1.29 is 14.3 Å². The van der Waals surface area contributed by atoms with Gasteiger partial charge in [-0.05, 0) is 42.0 Å². The van der Waals surface area contributed by atoms with Crippen molar-refractivity contribution in [3.63, 3.8) is 0 Å². The molecule has 0 aliphatic carbocycles. The van der Waals surface area contributed by atoms with E-state index in [1.54, 1.807) is 43.8 Å². The van der Waals surface area contributed by atoms with Crippen LogP contribution < -0.4 is 4.74 Å². The number of carbonyl (C=O) groups excluding carboxylic acids is 2. The Morgan fingerprint density at radius 1 is 0.900 bits per heavy atom. The van der Waals surface area contributed by atoms with Crippen LogP contribution in [0, 0.1) is 0 Å². The first-order valence-corrected chi connectivity index (χ1v) is 9.53. The van der Waals surface area contributed by atoms with Gasteiger partial charge in [-0.15, -0.1) is 0 Å². The van der Waals surface area contributed by atoms with E-state index >= 15 is 0 Å². The lowest BCUT2D eigenvalue weighted by Crippen LogP contribution is -2.30. The maximum Gasteiger partial charge on any atom is 0.261 e. The Bertz CT molecular complexity index is 1250. The maximum atomic E-state index is 12.8. The summed E-state index contributed by atoms with van der Waals surface area (Å²) in [6.07, 6.45) is 3.47. The predicted molar refractivity (Wildman–Crippen MR) is 110 cm³/mol. The average molecular weight is 398 g/mol. The summed E-state index contributed by atoms with van der Waals surface area (Å²) in [6, 6.07) is 16.4. The Morgan fingerprint density at radius 3 is 2.27 bits per heavy atom. The molecular formula is C23H18N4O3. The van der Waals surface area contributed by atoms with Crippen LogP contribution in [0.5, 0.6) is 5.75 Å². The Hall–Kier alpha value is -4.00. The van der Waals surface area contributed by atoms with Gasteiger partial charge in [-0.25, -0.2) is 4.98 Å². The quantitative estimate of drug-likeness (QED) is 0.482. The lowest BCUT2D eigenvalue weighted by molar-refractivity contribution is 0.0637. The SMILES string of the molecule is COc1ccc2nc(CN3C(=O)c4ccccc4C3=O)n(Cc3ccncc3)c2c1. The lowest BCUT2D eigenvalue weighted by atomic mass is 10.1. The van der Waals surface area contributed by atoms with Gasteiger partial charge in [0.1, 0.15) is 11.6 Å². The van der Waals surface area contributed by atoms with E-state index in [4.69, 9.17) is 9.72 Å². The second kappa shape index (κ2) is 7.11. The standard InChI is InChI=1S/C23H18N4O3/c1-30-16-6-7-19-20(12-16)26(13-15-8-10-24-11-9-15)21(25-19)14-27-22(28)17-4-2-3-5-18(17)23(27)29/h2-12H,13-14H2,1H3. The number of amides is 2. The molecule has 0 N–H and O–H groups in total. The second-order valence-electron chi connectivity index (χ2n) is 7.07. The molecule has 1 aliphatic rings. The summed E-state index contributed by atoms with van der Waals surface area (Å²) >= 11 is 0. The van der Waals surface area contributed by atoms with Crippen LogP contribution in [0.2, 0.25) is 0 Å². The molecule has 0 saturated heterocycles. The van der Waals surface area contributed by atoms with E-state index < -0.39 is 0 Å². The molecule has 2 amide bonds. The van der Waals surface area contributed by atoms with E-state index in [9.17, 15) is 9.59 Å². The zero-order valence-corrected chi connectivity index (χ0v) is 16.3. The summed E-state index contributed by atoms with van der Waals surface area (Å²) in [5.74, 6) is 0.752. The number of hydrogen-bond acceptors (Lipinski definition) is 5. The van der Waals surface area contributed by atoms with Gasteiger partial charge in [-0.3, -0.25) is 19.5 Å². The molecule has 2 aromatic heterocycles. The van der Waals surface area contributed by atoms with Crippen molar-refractivity contribution in [1.82, 2.24) is 19.4 Å². The van der Waals surface area contributed by atoms with Gasteiger partial charge in [0.15, 0.2) is 0 Å². The van der Waals surface area contributed by atoms with Gasteiger partial charge in [0.25, 0.3) is 11.8 Å². The number of methoxy groups -OCH3 is 1. The van der Waals surface area contributed by atoms with E-state index in [-0.39, 0.29) is 18.4 Å². The molecule has 5 rings (SSSR count). The van der Waals surface area contributed by atoms with E-state index in [2.05, 4.69) is 4.98 Å². The first-order valence-electron chi connectivity index (χ1n) is 9.53. The number of nitrogens with zero attached hydrogens (tertiary/aromatic N) is 4. The minimum Gasteiger partial charge on any atom is -0.497 e. The van der Waals surface area contributed by atoms with Crippen LogP contribution in [0.3, 0.4) is 0 Å². The van der Waals surface area contributed by atoms with E-state index in [0.29, 0.717) is 29.2 Å². The van der Waals surface area contributed by atoms with Crippen LogP contribution >= 0.6 is 0 Å². The molecular weight excluding hydrogens is 380 g/mol. The fourth-order valence-electron chi connectivity index (χ4n) is 3.77. The summed E-state index contributed by atoms with van der Waals surface area (Å²) in [7, 11) is 1.62. The molecule has 1 aliphatic heterocycles. The number of ether oxygens (including phenoxy) is 1. The first kappa shape index (κ1) is 18.1. The summed E-state index contributed by atoms with van der Waals surface area (Å²) in [5, 5.41) is 0. The van der Waals surface area contributed by atoms with Gasteiger partial charge >= 0.3 is 0 Å². The second-order valence-corrected chi connectivity index (χ2v) is 7.07. The molecule has 7 nitrogen and oxygen atoms in total. The van der Waals surface area contributed by atoms with Gasteiger partial charge in [-0.2, -0.15) is 0 Å². The van der Waals surface area contributed by atoms with Gasteiger partial charge in [0, 0.05) is 25.0 Å². The van der Waals surface area contributed by atoms with Crippen LogP contribution in [0.15, 0.2) is 67.0 Å². The maximum absolute atomic E-state index is 12.8. The number of aromatic nitrogens is 3. The first-order chi connectivity index (χ1) is 14.7. The van der Waals surface area contributed by atoms with Crippen molar-refractivity contribution in [3.8, 4) is 5.75 Å². The van der Waals surface area contributed by atoms with Gasteiger partial charge < -0.3 is 9.30 Å². The molecule has 0 radical (unpaired) electrons. The van der Waals surface area contributed by atoms with Crippen molar-refractivity contribution in [2.24, 2.45) is 0 Å². The summed E-state index contributed by atoms with van der Waals surface area (Å²) in [6.45, 7) is 0.624. The molecule has 148 valence electrons. The highest BCUT2D eigenvalue weighted by atomic mass is 16.5. The minimum atomic E-state index is -0.296. The summed E-state index contributed by atoms with van der Waals surface area (Å²) < 4.78 is 7.39. The fraction of sp³-hybridized carbons (Fsp3) is 0.130. The normalized spacial score (nSPS) is 13.2. The molecule has 0 atom stereocenters. The van der Waals surface area contributed by atoms with Gasteiger partial charge in [0.05, 0.1) is 35.8 Å². The third kappa shape index (κ3) is 2.91. The van der Waals surface area contributed by atoms with Crippen molar-refractivity contribution in [2.75, 3.05) is 7.11 Å². The number of fused-ring (bicyclic) bond motifs is 2. The Morgan fingerprint density at radius 2 is 1.60 bits per heavy atom. The van der Waals surface area contributed by atoms with E-state index in [1.165, 1.54) is 4.90 Å². The molecule has 30 heavy (non-hydrogen) atoms. The number of hydrogen-bond donors (Lipinski definition) is 0. The van der Waals surface area contributed by atoms with Crippen LogP contribution in [0.1, 0.15) is 32.1 Å². The minimum absolute atomic E-state index is 0.0917. The van der Waals surface area contributed by atoms with Crippen LogP contribution in [0.4, 0.5) is 0 Å². The molecule has 2 aromatic carbocycles. The molecule has 3 heterocycles. The predicted octanol–water partition coefficient (Wildman–Crippen LogP) is 3.28. The lowest BCUT2D eigenvalue weighted by Gasteiger charge is -2.15. The summed E-state index contributed by atoms with van der Waals surface area (Å²) in [5.41, 5.74) is 3.55. The number of imide groups is 1. The molecule has 0 bridgehead atoms. The third-order valence-corrected chi connectivity index (χ3v) is 5.30. The monoisotopic (exact) mass is 398 g/mol. The van der Waals surface area contributed by atoms with E-state index in [1.807, 2.05) is 34.9 Å². The van der Waals surface area contributed by atoms with Crippen molar-refractivity contribution in [3.05, 3.63) is 89.5 Å². The Labute approximate surface area is 172 Å². The number of imidazole rings is 1. The molecule has 0 spiro atoms. The fourth-order valence-corrected chi connectivity index (χ4v) is 3.77. The largest absolute Gasteiger partial charge is 0.497 e. The van der Waals surface area contributed by atoms with Gasteiger partial charge in [0.2, 0.25) is 0 Å². The van der Waals surface area contributed by atoms with E-state index in [0.717, 1.165) is 16.6 Å². The molecule has 0 fully saturated rings. The van der Waals surface area contributed by atoms with Crippen molar-refractivity contribution in [2.45, 2.75) is 13.1 Å². The van der Waals surface area contributed by atoms with Crippen molar-refractivity contribution in [1.29, 1.82) is 0 Å². The average Bonchev–Trinajstić information content (AvgIpc) is 3.24. The summed E-state index contributed by atoms with van der Waals surface area (Å²) in [4.78, 5) is 35.7.